The summed E-state index contributed by atoms with van der Waals surface area (Å²) < 4.78 is 2.34. The van der Waals surface area contributed by atoms with Gasteiger partial charge in [-0.1, -0.05) is 0 Å². The Morgan fingerprint density at radius 3 is 2.95 bits per heavy atom. The van der Waals surface area contributed by atoms with Crippen LogP contribution in [0.4, 0.5) is 0 Å². The summed E-state index contributed by atoms with van der Waals surface area (Å²) in [5.74, 6) is 0. The van der Waals surface area contributed by atoms with E-state index in [9.17, 15) is 0 Å². The minimum atomic E-state index is 0.621. The molecule has 2 fully saturated rings. The standard InChI is InChI=1S/C14H25N5/c1-17-5-6-18(2)14(10-17)9-15-7-13-8-16-11-19(13)12-3-4-12/h8,11-12,14-15H,3-7,9-10H2,1-2H3. The molecule has 0 radical (unpaired) electrons. The highest BCUT2D eigenvalue weighted by molar-refractivity contribution is 5.03. The van der Waals surface area contributed by atoms with E-state index < -0.39 is 0 Å². The number of piperazine rings is 1. The normalized spacial score (nSPS) is 25.9. The van der Waals surface area contributed by atoms with Gasteiger partial charge in [0.25, 0.3) is 0 Å². The lowest BCUT2D eigenvalue weighted by molar-refractivity contribution is 0.113. The van der Waals surface area contributed by atoms with Crippen molar-refractivity contribution in [3.05, 3.63) is 18.2 Å². The Kier molecular flexibility index (Phi) is 3.86. The lowest BCUT2D eigenvalue weighted by Gasteiger charge is -2.37. The maximum absolute atomic E-state index is 4.28. The van der Waals surface area contributed by atoms with Crippen LogP contribution in [-0.2, 0) is 6.54 Å². The van der Waals surface area contributed by atoms with E-state index in [2.05, 4.69) is 38.8 Å². The molecule has 1 unspecified atom stereocenters. The van der Waals surface area contributed by atoms with Crippen LogP contribution in [0.25, 0.3) is 0 Å². The highest BCUT2D eigenvalue weighted by Gasteiger charge is 2.25. The monoisotopic (exact) mass is 263 g/mol. The van der Waals surface area contributed by atoms with E-state index in [4.69, 9.17) is 0 Å². The molecular weight excluding hydrogens is 238 g/mol. The summed E-state index contributed by atoms with van der Waals surface area (Å²) in [6.45, 7) is 5.50. The Balaban J connectivity index is 1.48. The number of nitrogens with one attached hydrogen (secondary N) is 1. The van der Waals surface area contributed by atoms with Gasteiger partial charge in [0.2, 0.25) is 0 Å². The van der Waals surface area contributed by atoms with Gasteiger partial charge >= 0.3 is 0 Å². The molecule has 5 nitrogen and oxygen atoms in total. The fraction of sp³-hybridized carbons (Fsp3) is 0.786. The van der Waals surface area contributed by atoms with Crippen molar-refractivity contribution >= 4 is 0 Å². The Hall–Kier alpha value is -0.910. The van der Waals surface area contributed by atoms with Gasteiger partial charge in [-0.05, 0) is 26.9 Å². The number of imidazole rings is 1. The lowest BCUT2D eigenvalue weighted by Crippen LogP contribution is -2.53. The fourth-order valence-electron chi connectivity index (χ4n) is 2.84. The van der Waals surface area contributed by atoms with E-state index in [-0.39, 0.29) is 0 Å². The zero-order valence-corrected chi connectivity index (χ0v) is 12.0. The first-order valence-electron chi connectivity index (χ1n) is 7.34. The van der Waals surface area contributed by atoms with Crippen LogP contribution in [0.15, 0.2) is 12.5 Å². The molecule has 0 spiro atoms. The minimum absolute atomic E-state index is 0.621. The zero-order chi connectivity index (χ0) is 13.2. The van der Waals surface area contributed by atoms with Crippen molar-refractivity contribution in [1.29, 1.82) is 0 Å². The van der Waals surface area contributed by atoms with E-state index in [1.165, 1.54) is 31.6 Å². The highest BCUT2D eigenvalue weighted by Crippen LogP contribution is 2.35. The number of nitrogens with zero attached hydrogens (tertiary/aromatic N) is 4. The van der Waals surface area contributed by atoms with Crippen molar-refractivity contribution in [3.63, 3.8) is 0 Å². The molecule has 1 aliphatic carbocycles. The molecule has 1 aromatic heterocycles. The topological polar surface area (TPSA) is 36.3 Å². The van der Waals surface area contributed by atoms with Crippen molar-refractivity contribution in [2.75, 3.05) is 40.3 Å². The largest absolute Gasteiger partial charge is 0.330 e. The average Bonchev–Trinajstić information content (AvgIpc) is 3.14. The van der Waals surface area contributed by atoms with Gasteiger partial charge in [0.05, 0.1) is 12.0 Å². The van der Waals surface area contributed by atoms with E-state index in [1.807, 2.05) is 12.5 Å². The number of rotatable bonds is 5. The van der Waals surface area contributed by atoms with Gasteiger partial charge in [0.1, 0.15) is 0 Å². The molecule has 1 aromatic rings. The Bertz CT molecular complexity index is 412. The molecule has 106 valence electrons. The average molecular weight is 263 g/mol. The van der Waals surface area contributed by atoms with E-state index >= 15 is 0 Å². The summed E-state index contributed by atoms with van der Waals surface area (Å²) in [6, 6.07) is 1.35. The molecule has 0 aromatic carbocycles. The Morgan fingerprint density at radius 1 is 1.32 bits per heavy atom. The van der Waals surface area contributed by atoms with Crippen LogP contribution < -0.4 is 5.32 Å². The van der Waals surface area contributed by atoms with Crippen LogP contribution in [0.1, 0.15) is 24.6 Å². The number of hydrogen-bond acceptors (Lipinski definition) is 4. The van der Waals surface area contributed by atoms with Crippen LogP contribution in [-0.4, -0.2) is 65.7 Å². The molecular formula is C14H25N5. The second kappa shape index (κ2) is 5.61. The molecule has 1 saturated carbocycles. The summed E-state index contributed by atoms with van der Waals surface area (Å²) >= 11 is 0. The molecule has 19 heavy (non-hydrogen) atoms. The molecule has 1 atom stereocenters. The third-order valence-corrected chi connectivity index (χ3v) is 4.35. The molecule has 1 aliphatic heterocycles. The summed E-state index contributed by atoms with van der Waals surface area (Å²) in [7, 11) is 4.44. The van der Waals surface area contributed by atoms with Crippen LogP contribution in [0.5, 0.6) is 0 Å². The van der Waals surface area contributed by atoms with Crippen molar-refractivity contribution in [2.45, 2.75) is 31.5 Å². The minimum Gasteiger partial charge on any atom is -0.330 e. The van der Waals surface area contributed by atoms with Crippen molar-refractivity contribution in [1.82, 2.24) is 24.7 Å². The third-order valence-electron chi connectivity index (χ3n) is 4.35. The van der Waals surface area contributed by atoms with Gasteiger partial charge in [-0.2, -0.15) is 0 Å². The van der Waals surface area contributed by atoms with E-state index in [0.29, 0.717) is 6.04 Å². The molecule has 2 aliphatic rings. The van der Waals surface area contributed by atoms with Crippen molar-refractivity contribution < 1.29 is 0 Å². The second-order valence-corrected chi connectivity index (χ2v) is 6.05. The quantitative estimate of drug-likeness (QED) is 0.842. The molecule has 1 saturated heterocycles. The maximum atomic E-state index is 4.28. The fourth-order valence-corrected chi connectivity index (χ4v) is 2.84. The summed E-state index contributed by atoms with van der Waals surface area (Å²) in [4.78, 5) is 9.16. The van der Waals surface area contributed by atoms with Crippen LogP contribution in [0, 0.1) is 0 Å². The molecule has 3 rings (SSSR count). The van der Waals surface area contributed by atoms with Crippen LogP contribution in [0.3, 0.4) is 0 Å². The molecule has 0 amide bonds. The van der Waals surface area contributed by atoms with E-state index in [1.54, 1.807) is 0 Å². The van der Waals surface area contributed by atoms with E-state index in [0.717, 1.165) is 25.7 Å². The first-order chi connectivity index (χ1) is 9.24. The third kappa shape index (κ3) is 3.16. The second-order valence-electron chi connectivity index (χ2n) is 6.05. The lowest BCUT2D eigenvalue weighted by atomic mass is 10.2. The summed E-state index contributed by atoms with van der Waals surface area (Å²) in [6.07, 6.45) is 6.62. The summed E-state index contributed by atoms with van der Waals surface area (Å²) in [5.41, 5.74) is 1.33. The Labute approximate surface area is 115 Å². The van der Waals surface area contributed by atoms with Crippen LogP contribution >= 0.6 is 0 Å². The SMILES string of the molecule is CN1CCN(C)C(CNCc2cncn2C2CC2)C1. The van der Waals surface area contributed by atoms with Gasteiger partial charge in [-0.15, -0.1) is 0 Å². The molecule has 1 N–H and O–H groups in total. The predicted octanol–water partition coefficient (Wildman–Crippen LogP) is 0.553. The first-order valence-corrected chi connectivity index (χ1v) is 7.34. The molecule has 5 heteroatoms. The maximum Gasteiger partial charge on any atom is 0.0951 e. The van der Waals surface area contributed by atoms with Crippen molar-refractivity contribution in [3.8, 4) is 0 Å². The number of hydrogen-bond donors (Lipinski definition) is 1. The first kappa shape index (κ1) is 13.1. The molecule has 0 bridgehead atoms. The zero-order valence-electron chi connectivity index (χ0n) is 12.0. The van der Waals surface area contributed by atoms with Gasteiger partial charge in [0.15, 0.2) is 0 Å². The van der Waals surface area contributed by atoms with Gasteiger partial charge in [0, 0.05) is 51.0 Å². The van der Waals surface area contributed by atoms with Crippen LogP contribution in [0.2, 0.25) is 0 Å². The smallest absolute Gasteiger partial charge is 0.0951 e. The molecule has 2 heterocycles. The number of aromatic nitrogens is 2. The van der Waals surface area contributed by atoms with Crippen molar-refractivity contribution in [2.24, 2.45) is 0 Å². The number of likely N-dealkylation sites (N-methyl/N-ethyl adjacent to an activating group) is 2. The van der Waals surface area contributed by atoms with Gasteiger partial charge in [-0.25, -0.2) is 4.98 Å². The van der Waals surface area contributed by atoms with Gasteiger partial charge in [-0.3, -0.25) is 4.90 Å². The predicted molar refractivity (Wildman–Crippen MR) is 76.1 cm³/mol. The van der Waals surface area contributed by atoms with Gasteiger partial charge < -0.3 is 14.8 Å². The Morgan fingerprint density at radius 2 is 2.16 bits per heavy atom. The summed E-state index contributed by atoms with van der Waals surface area (Å²) in [5, 5.41) is 3.60. The highest BCUT2D eigenvalue weighted by atomic mass is 15.3.